The van der Waals surface area contributed by atoms with Gasteiger partial charge in [0.25, 0.3) is 5.91 Å². The highest BCUT2D eigenvalue weighted by Gasteiger charge is 2.27. The van der Waals surface area contributed by atoms with Crippen LogP contribution in [0.1, 0.15) is 84.8 Å². The van der Waals surface area contributed by atoms with Gasteiger partial charge in [-0.1, -0.05) is 61.9 Å². The number of methoxy groups -OCH3 is 1. The summed E-state index contributed by atoms with van der Waals surface area (Å²) in [6.45, 7) is 7.42. The van der Waals surface area contributed by atoms with Gasteiger partial charge < -0.3 is 14.8 Å². The Balaban J connectivity index is 2.01. The fourth-order valence-electron chi connectivity index (χ4n) is 4.05. The predicted octanol–water partition coefficient (Wildman–Crippen LogP) is 5.80. The summed E-state index contributed by atoms with van der Waals surface area (Å²) >= 11 is 0. The zero-order valence-electron chi connectivity index (χ0n) is 21.0. The van der Waals surface area contributed by atoms with Crippen molar-refractivity contribution in [1.29, 1.82) is 0 Å². The van der Waals surface area contributed by atoms with Crippen LogP contribution in [0.2, 0.25) is 0 Å². The maximum Gasteiger partial charge on any atom is 0.339 e. The molecule has 0 radical (unpaired) electrons. The zero-order chi connectivity index (χ0) is 25.6. The van der Waals surface area contributed by atoms with Gasteiger partial charge in [-0.25, -0.2) is 9.59 Å². The maximum atomic E-state index is 13.3. The molecule has 0 aliphatic heterocycles. The fourth-order valence-corrected chi connectivity index (χ4v) is 4.05. The molecule has 1 aliphatic rings. The molecule has 1 N–H and O–H groups in total. The van der Waals surface area contributed by atoms with E-state index in [0.29, 0.717) is 28.7 Å². The van der Waals surface area contributed by atoms with Crippen LogP contribution < -0.4 is 5.32 Å². The molecule has 0 saturated heterocycles. The largest absolute Gasteiger partial charge is 0.465 e. The van der Waals surface area contributed by atoms with E-state index in [1.165, 1.54) is 7.11 Å². The van der Waals surface area contributed by atoms with Crippen molar-refractivity contribution in [1.82, 2.24) is 5.32 Å². The number of rotatable bonds is 8. The lowest BCUT2D eigenvalue weighted by molar-refractivity contribution is -0.135. The molecule has 6 nitrogen and oxygen atoms in total. The molecule has 6 heteroatoms. The highest BCUT2D eigenvalue weighted by molar-refractivity contribution is 6.07. The third kappa shape index (κ3) is 6.47. The topological polar surface area (TPSA) is 81.7 Å². The summed E-state index contributed by atoms with van der Waals surface area (Å²) in [4.78, 5) is 38.7. The van der Waals surface area contributed by atoms with Crippen molar-refractivity contribution in [2.45, 2.75) is 58.6 Å². The van der Waals surface area contributed by atoms with Crippen molar-refractivity contribution in [3.8, 4) is 0 Å². The molecule has 3 rings (SSSR count). The Hall–Kier alpha value is -3.67. The molecule has 0 spiro atoms. The summed E-state index contributed by atoms with van der Waals surface area (Å²) in [6, 6.07) is 14.6. The molecule has 2 aromatic rings. The minimum atomic E-state index is -0.723. The number of benzene rings is 2. The van der Waals surface area contributed by atoms with Crippen LogP contribution in [0.3, 0.4) is 0 Å². The van der Waals surface area contributed by atoms with E-state index < -0.39 is 17.5 Å². The number of nitrogens with one attached hydrogen (secondary N) is 1. The summed E-state index contributed by atoms with van der Waals surface area (Å²) in [5.41, 5.74) is 2.49. The third-order valence-corrected chi connectivity index (χ3v) is 5.65. The molecule has 0 unspecified atom stereocenters. The van der Waals surface area contributed by atoms with Crippen molar-refractivity contribution in [2.75, 3.05) is 7.11 Å². The van der Waals surface area contributed by atoms with Gasteiger partial charge in [-0.15, -0.1) is 0 Å². The Morgan fingerprint density at radius 3 is 2.37 bits per heavy atom. The molecule has 1 aliphatic carbocycles. The molecule has 0 saturated carbocycles. The number of ether oxygens (including phenoxy) is 2. The third-order valence-electron chi connectivity index (χ3n) is 5.65. The van der Waals surface area contributed by atoms with Gasteiger partial charge in [0.2, 0.25) is 0 Å². The molecule has 184 valence electrons. The van der Waals surface area contributed by atoms with E-state index in [1.807, 2.05) is 36.4 Å². The first-order valence-corrected chi connectivity index (χ1v) is 11.9. The Labute approximate surface area is 207 Å². The number of carbonyl (C=O) groups is 3. The van der Waals surface area contributed by atoms with Crippen LogP contribution >= 0.6 is 0 Å². The summed E-state index contributed by atoms with van der Waals surface area (Å²) < 4.78 is 10.5. The van der Waals surface area contributed by atoms with Crippen molar-refractivity contribution in [3.05, 3.63) is 88.5 Å². The van der Waals surface area contributed by atoms with E-state index in [1.54, 1.807) is 45.0 Å². The van der Waals surface area contributed by atoms with Crippen molar-refractivity contribution in [3.63, 3.8) is 0 Å². The van der Waals surface area contributed by atoms with Gasteiger partial charge in [-0.05, 0) is 62.4 Å². The molecule has 0 fully saturated rings. The second-order valence-electron chi connectivity index (χ2n) is 9.48. The quantitative estimate of drug-likeness (QED) is 0.488. The summed E-state index contributed by atoms with van der Waals surface area (Å²) in [7, 11) is 1.32. The number of hydrogen-bond donors (Lipinski definition) is 1. The molecular weight excluding hydrogens is 442 g/mol. The first-order valence-electron chi connectivity index (χ1n) is 11.9. The Bertz CT molecular complexity index is 1160. The predicted molar refractivity (Wildman–Crippen MR) is 136 cm³/mol. The van der Waals surface area contributed by atoms with Crippen LogP contribution in [0.4, 0.5) is 0 Å². The van der Waals surface area contributed by atoms with Gasteiger partial charge >= 0.3 is 11.9 Å². The van der Waals surface area contributed by atoms with Crippen molar-refractivity contribution >= 4 is 23.4 Å². The van der Waals surface area contributed by atoms with E-state index >= 15 is 0 Å². The lowest BCUT2D eigenvalue weighted by atomic mass is 9.93. The first-order chi connectivity index (χ1) is 16.6. The molecule has 0 aromatic heterocycles. The van der Waals surface area contributed by atoms with Crippen LogP contribution in [0.15, 0.2) is 66.3 Å². The molecule has 2 aromatic carbocycles. The second-order valence-corrected chi connectivity index (χ2v) is 9.48. The lowest BCUT2D eigenvalue weighted by Gasteiger charge is -2.22. The van der Waals surface area contributed by atoms with Crippen LogP contribution in [0.25, 0.3) is 5.57 Å². The van der Waals surface area contributed by atoms with E-state index in [4.69, 9.17) is 9.47 Å². The van der Waals surface area contributed by atoms with Gasteiger partial charge in [0.05, 0.1) is 24.3 Å². The van der Waals surface area contributed by atoms with Crippen LogP contribution in [-0.2, 0) is 14.3 Å². The Morgan fingerprint density at radius 1 is 1.03 bits per heavy atom. The van der Waals surface area contributed by atoms with E-state index in [0.717, 1.165) is 18.4 Å². The number of allylic oxidation sites excluding steroid dienone is 2. The number of hydrogen-bond acceptors (Lipinski definition) is 5. The van der Waals surface area contributed by atoms with Gasteiger partial charge in [-0.3, -0.25) is 4.79 Å². The van der Waals surface area contributed by atoms with Crippen LogP contribution in [-0.4, -0.2) is 30.6 Å². The zero-order valence-corrected chi connectivity index (χ0v) is 21.0. The van der Waals surface area contributed by atoms with Gasteiger partial charge in [0, 0.05) is 5.56 Å². The smallest absolute Gasteiger partial charge is 0.339 e. The Kier molecular flexibility index (Phi) is 8.28. The van der Waals surface area contributed by atoms with Crippen LogP contribution in [0.5, 0.6) is 0 Å². The summed E-state index contributed by atoms with van der Waals surface area (Å²) in [6.07, 6.45) is 5.69. The number of amides is 1. The molecule has 35 heavy (non-hydrogen) atoms. The average Bonchev–Trinajstić information content (AvgIpc) is 3.32. The second kappa shape index (κ2) is 11.2. The highest BCUT2D eigenvalue weighted by Crippen LogP contribution is 2.33. The van der Waals surface area contributed by atoms with Gasteiger partial charge in [-0.2, -0.15) is 0 Å². The molecule has 0 heterocycles. The van der Waals surface area contributed by atoms with E-state index in [-0.39, 0.29) is 17.5 Å². The Morgan fingerprint density at radius 2 is 1.74 bits per heavy atom. The lowest BCUT2D eigenvalue weighted by Crippen LogP contribution is -2.29. The number of carbonyl (C=O) groups excluding carboxylic acids is 3. The maximum absolute atomic E-state index is 13.3. The minimum absolute atomic E-state index is 0.147. The summed E-state index contributed by atoms with van der Waals surface area (Å²) in [5, 5.41) is 3.10. The van der Waals surface area contributed by atoms with E-state index in [9.17, 15) is 14.4 Å². The minimum Gasteiger partial charge on any atom is -0.465 e. The summed E-state index contributed by atoms with van der Waals surface area (Å²) in [5.74, 6) is -1.31. The standard InChI is InChI=1S/C29H33NO5/c1-6-11-25(19-12-8-7-9-13-19)30-26(31)20-16-17-22(21-14-10-15-23(21)27(32)34-5)24(18-20)28(33)35-29(2,3)4/h7-10,12-13,15-18,25H,6,11,14H2,1-5H3,(H,30,31)/t25-/m1/s1. The average molecular weight is 476 g/mol. The van der Waals surface area contributed by atoms with E-state index in [2.05, 4.69) is 12.2 Å². The monoisotopic (exact) mass is 475 g/mol. The van der Waals surface area contributed by atoms with Crippen molar-refractivity contribution in [2.24, 2.45) is 0 Å². The molecule has 1 atom stereocenters. The first kappa shape index (κ1) is 25.9. The van der Waals surface area contributed by atoms with Gasteiger partial charge in [0.1, 0.15) is 5.60 Å². The van der Waals surface area contributed by atoms with Crippen LogP contribution in [0, 0.1) is 0 Å². The highest BCUT2D eigenvalue weighted by atomic mass is 16.6. The molecular formula is C29H33NO5. The SMILES string of the molecule is CCC[C@@H](NC(=O)c1ccc(C2=C(C(=O)OC)C=CC2)c(C(=O)OC(C)(C)C)c1)c1ccccc1. The normalized spacial score (nSPS) is 14.0. The number of esters is 2. The molecule has 0 bridgehead atoms. The van der Waals surface area contributed by atoms with Gasteiger partial charge in [0.15, 0.2) is 0 Å². The fraction of sp³-hybridized carbons (Fsp3) is 0.345. The molecule has 1 amide bonds. The van der Waals surface area contributed by atoms with Crippen molar-refractivity contribution < 1.29 is 23.9 Å².